The Morgan fingerprint density at radius 1 is 1.46 bits per heavy atom. The van der Waals surface area contributed by atoms with Gasteiger partial charge in [0.05, 0.1) is 25.9 Å². The molecule has 24 heavy (non-hydrogen) atoms. The molecule has 0 aliphatic carbocycles. The number of methoxy groups -OCH3 is 1. The van der Waals surface area contributed by atoms with E-state index in [1.807, 2.05) is 34.1 Å². The maximum atomic E-state index is 13.8. The van der Waals surface area contributed by atoms with E-state index in [1.165, 1.54) is 0 Å². The largest absolute Gasteiger partial charge is 0.383 e. The number of alkyl halides is 1. The molecule has 0 saturated carbocycles. The smallest absolute Gasteiger partial charge is 0.151 e. The van der Waals surface area contributed by atoms with Gasteiger partial charge in [-0.3, -0.25) is 4.68 Å². The topological polar surface area (TPSA) is 68.1 Å². The Morgan fingerprint density at radius 2 is 2.38 bits per heavy atom. The van der Waals surface area contributed by atoms with Crippen molar-refractivity contribution in [1.29, 1.82) is 0 Å². The molecule has 0 bridgehead atoms. The Morgan fingerprint density at radius 3 is 3.17 bits per heavy atom. The molecule has 1 aliphatic rings. The molecular formula is C16H23FN6O. The zero-order chi connectivity index (χ0) is 16.8. The summed E-state index contributed by atoms with van der Waals surface area (Å²) in [6, 6.07) is 3.78. The van der Waals surface area contributed by atoms with E-state index in [-0.39, 0.29) is 6.04 Å². The first-order valence-corrected chi connectivity index (χ1v) is 8.15. The number of nitrogens with one attached hydrogen (secondary N) is 1. The van der Waals surface area contributed by atoms with E-state index in [0.717, 1.165) is 17.9 Å². The molecule has 3 rings (SSSR count). The number of halogens is 1. The maximum absolute atomic E-state index is 13.8. The Kier molecular flexibility index (Phi) is 5.71. The highest BCUT2D eigenvalue weighted by Gasteiger charge is 2.32. The van der Waals surface area contributed by atoms with Crippen molar-refractivity contribution in [3.8, 4) is 0 Å². The van der Waals surface area contributed by atoms with Gasteiger partial charge in [-0.15, -0.1) is 5.10 Å². The second kappa shape index (κ2) is 8.16. The maximum Gasteiger partial charge on any atom is 0.151 e. The molecule has 0 radical (unpaired) electrons. The van der Waals surface area contributed by atoms with E-state index in [4.69, 9.17) is 4.74 Å². The number of aromatic nitrogens is 4. The minimum atomic E-state index is -0.824. The summed E-state index contributed by atoms with van der Waals surface area (Å²) in [5.74, 6) is 0.733. The highest BCUT2D eigenvalue weighted by atomic mass is 19.1. The van der Waals surface area contributed by atoms with E-state index in [2.05, 4.69) is 20.6 Å². The Bertz CT molecular complexity index is 622. The molecule has 1 aliphatic heterocycles. The zero-order valence-corrected chi connectivity index (χ0v) is 13.8. The molecule has 0 spiro atoms. The lowest BCUT2D eigenvalue weighted by Crippen LogP contribution is -2.38. The Labute approximate surface area is 140 Å². The van der Waals surface area contributed by atoms with Crippen LogP contribution in [0.25, 0.3) is 0 Å². The van der Waals surface area contributed by atoms with Crippen LogP contribution in [0.15, 0.2) is 30.7 Å². The van der Waals surface area contributed by atoms with Crippen molar-refractivity contribution in [1.82, 2.24) is 25.3 Å². The van der Waals surface area contributed by atoms with Crippen molar-refractivity contribution >= 4 is 5.82 Å². The number of hydrogen-bond donors (Lipinski definition) is 1. The quantitative estimate of drug-likeness (QED) is 0.778. The van der Waals surface area contributed by atoms with E-state index >= 15 is 0 Å². The van der Waals surface area contributed by atoms with Crippen molar-refractivity contribution < 1.29 is 9.13 Å². The molecule has 1 saturated heterocycles. The lowest BCUT2D eigenvalue weighted by atomic mass is 10.2. The Balaban J connectivity index is 1.51. The van der Waals surface area contributed by atoms with Gasteiger partial charge in [-0.25, -0.2) is 4.39 Å². The first-order chi connectivity index (χ1) is 11.8. The van der Waals surface area contributed by atoms with Crippen LogP contribution in [0.4, 0.5) is 10.2 Å². The molecule has 2 aromatic rings. The fourth-order valence-electron chi connectivity index (χ4n) is 2.97. The first kappa shape index (κ1) is 16.8. The van der Waals surface area contributed by atoms with Gasteiger partial charge in [0.1, 0.15) is 6.17 Å². The highest BCUT2D eigenvalue weighted by Crippen LogP contribution is 2.24. The van der Waals surface area contributed by atoms with Crippen LogP contribution in [0.5, 0.6) is 0 Å². The minimum Gasteiger partial charge on any atom is -0.383 e. The predicted octanol–water partition coefficient (Wildman–Crippen LogP) is 1.03. The van der Waals surface area contributed by atoms with Crippen LogP contribution in [0.1, 0.15) is 12.0 Å². The number of anilines is 1. The van der Waals surface area contributed by atoms with Gasteiger partial charge in [0.25, 0.3) is 0 Å². The fraction of sp³-hybridized carbons (Fsp3) is 0.562. The number of hydrogen-bond acceptors (Lipinski definition) is 6. The van der Waals surface area contributed by atoms with Gasteiger partial charge >= 0.3 is 0 Å². The molecule has 7 nitrogen and oxygen atoms in total. The molecule has 2 aromatic heterocycles. The van der Waals surface area contributed by atoms with Gasteiger partial charge in [0, 0.05) is 50.6 Å². The molecule has 0 unspecified atom stereocenters. The van der Waals surface area contributed by atoms with E-state index < -0.39 is 6.17 Å². The van der Waals surface area contributed by atoms with Gasteiger partial charge in [-0.2, -0.15) is 10.2 Å². The summed E-state index contributed by atoms with van der Waals surface area (Å²) in [6.07, 6.45) is 5.16. The third kappa shape index (κ3) is 4.27. The fourth-order valence-corrected chi connectivity index (χ4v) is 2.97. The second-order valence-electron chi connectivity index (χ2n) is 5.96. The SMILES string of the molecule is COCCn1cc(CNC[C@@H]2C[C@H](F)CN2c2cccnn2)cn1. The molecule has 8 heteroatoms. The molecule has 2 atom stereocenters. The lowest BCUT2D eigenvalue weighted by molar-refractivity contribution is 0.183. The minimum absolute atomic E-state index is 0.0836. The molecule has 0 amide bonds. The average molecular weight is 334 g/mol. The summed E-state index contributed by atoms with van der Waals surface area (Å²) < 4.78 is 20.7. The normalized spacial score (nSPS) is 20.7. The van der Waals surface area contributed by atoms with Crippen LogP contribution >= 0.6 is 0 Å². The summed E-state index contributed by atoms with van der Waals surface area (Å²) in [6.45, 7) is 3.15. The predicted molar refractivity (Wildman–Crippen MR) is 88.5 cm³/mol. The number of ether oxygens (including phenoxy) is 1. The summed E-state index contributed by atoms with van der Waals surface area (Å²) in [7, 11) is 1.68. The molecule has 3 heterocycles. The van der Waals surface area contributed by atoms with Crippen LogP contribution in [0.2, 0.25) is 0 Å². The van der Waals surface area contributed by atoms with Gasteiger partial charge in [0.2, 0.25) is 0 Å². The zero-order valence-electron chi connectivity index (χ0n) is 13.8. The lowest BCUT2D eigenvalue weighted by Gasteiger charge is -2.24. The molecule has 130 valence electrons. The van der Waals surface area contributed by atoms with Crippen molar-refractivity contribution in [2.75, 3.05) is 31.7 Å². The van der Waals surface area contributed by atoms with E-state index in [0.29, 0.717) is 32.7 Å². The summed E-state index contributed by atoms with van der Waals surface area (Å²) in [5, 5.41) is 15.7. The number of rotatable bonds is 8. The van der Waals surface area contributed by atoms with Crippen LogP contribution in [-0.4, -0.2) is 59.0 Å². The third-order valence-electron chi connectivity index (χ3n) is 4.14. The van der Waals surface area contributed by atoms with Crippen LogP contribution in [0, 0.1) is 0 Å². The van der Waals surface area contributed by atoms with Crippen LogP contribution in [0.3, 0.4) is 0 Å². The standard InChI is InChI=1S/C16H23FN6O/c1-24-6-5-22-11-13(9-20-22)8-18-10-15-7-14(17)12-23(15)16-3-2-4-19-21-16/h2-4,9,11,14-15,18H,5-8,10,12H2,1H3/t14-,15-/m0/s1. The third-order valence-corrected chi connectivity index (χ3v) is 4.14. The van der Waals surface area contributed by atoms with Gasteiger partial charge in [-0.05, 0) is 12.1 Å². The summed E-state index contributed by atoms with van der Waals surface area (Å²) in [4.78, 5) is 1.99. The van der Waals surface area contributed by atoms with Crippen molar-refractivity contribution in [2.24, 2.45) is 0 Å². The monoisotopic (exact) mass is 334 g/mol. The van der Waals surface area contributed by atoms with Crippen LogP contribution in [-0.2, 0) is 17.8 Å². The van der Waals surface area contributed by atoms with Gasteiger partial charge < -0.3 is 15.0 Å². The molecule has 1 N–H and O–H groups in total. The molecule has 1 fully saturated rings. The van der Waals surface area contributed by atoms with Crippen LogP contribution < -0.4 is 10.2 Å². The first-order valence-electron chi connectivity index (χ1n) is 8.15. The average Bonchev–Trinajstić information content (AvgIpc) is 3.20. The van der Waals surface area contributed by atoms with E-state index in [1.54, 1.807) is 13.3 Å². The van der Waals surface area contributed by atoms with E-state index in [9.17, 15) is 4.39 Å². The van der Waals surface area contributed by atoms with Crippen molar-refractivity contribution in [2.45, 2.75) is 31.7 Å². The highest BCUT2D eigenvalue weighted by molar-refractivity contribution is 5.40. The van der Waals surface area contributed by atoms with Gasteiger partial charge in [0.15, 0.2) is 5.82 Å². The van der Waals surface area contributed by atoms with Crippen molar-refractivity contribution in [3.05, 3.63) is 36.3 Å². The molecular weight excluding hydrogens is 311 g/mol. The number of nitrogens with zero attached hydrogens (tertiary/aromatic N) is 5. The summed E-state index contributed by atoms with van der Waals surface area (Å²) in [5.41, 5.74) is 1.10. The Hall–Kier alpha value is -2.06. The van der Waals surface area contributed by atoms with Crippen molar-refractivity contribution in [3.63, 3.8) is 0 Å². The van der Waals surface area contributed by atoms with Gasteiger partial charge in [-0.1, -0.05) is 0 Å². The summed E-state index contributed by atoms with van der Waals surface area (Å²) >= 11 is 0. The molecule has 0 aromatic carbocycles. The second-order valence-corrected chi connectivity index (χ2v) is 5.96.